The van der Waals surface area contributed by atoms with Gasteiger partial charge in [0.05, 0.1) is 13.2 Å². The third-order valence-electron chi connectivity index (χ3n) is 2.98. The number of rotatable bonds is 4. The number of benzene rings is 2. The maximum absolute atomic E-state index is 11.9. The maximum atomic E-state index is 11.9. The number of hydrogen-bond acceptors (Lipinski definition) is 2. The summed E-state index contributed by atoms with van der Waals surface area (Å²) in [6.45, 7) is 1.92. The summed E-state index contributed by atoms with van der Waals surface area (Å²) in [4.78, 5) is 11.9. The van der Waals surface area contributed by atoms with Gasteiger partial charge < -0.3 is 15.4 Å². The van der Waals surface area contributed by atoms with Gasteiger partial charge in [-0.25, -0.2) is 4.79 Å². The molecule has 1 atom stereocenters. The Labute approximate surface area is 118 Å². The number of nitrogens with one attached hydrogen (secondary N) is 2. The summed E-state index contributed by atoms with van der Waals surface area (Å²) in [6.07, 6.45) is 0. The fraction of sp³-hybridized carbons (Fsp3) is 0.188. The molecule has 0 heterocycles. The van der Waals surface area contributed by atoms with Gasteiger partial charge in [-0.2, -0.15) is 0 Å². The van der Waals surface area contributed by atoms with E-state index in [0.29, 0.717) is 0 Å². The summed E-state index contributed by atoms with van der Waals surface area (Å²) >= 11 is 0. The standard InChI is InChI=1S/C16H18N2O2/c1-12(14-10-6-7-11-15(14)20-2)17-16(19)18-13-8-4-3-5-9-13/h3-12H,1-2H3,(H2,17,18,19). The van der Waals surface area contributed by atoms with Gasteiger partial charge in [0.15, 0.2) is 0 Å². The Morgan fingerprint density at radius 1 is 1.05 bits per heavy atom. The van der Waals surface area contributed by atoms with Crippen LogP contribution in [0.25, 0.3) is 0 Å². The normalized spacial score (nSPS) is 11.5. The number of hydrogen-bond donors (Lipinski definition) is 2. The molecule has 0 aliphatic rings. The summed E-state index contributed by atoms with van der Waals surface area (Å²) < 4.78 is 5.29. The van der Waals surface area contributed by atoms with Crippen molar-refractivity contribution in [1.82, 2.24) is 5.32 Å². The molecule has 0 fully saturated rings. The molecule has 0 aromatic heterocycles. The summed E-state index contributed by atoms with van der Waals surface area (Å²) in [6, 6.07) is 16.6. The molecule has 4 nitrogen and oxygen atoms in total. The van der Waals surface area contributed by atoms with Crippen molar-refractivity contribution in [2.75, 3.05) is 12.4 Å². The van der Waals surface area contributed by atoms with Crippen LogP contribution >= 0.6 is 0 Å². The van der Waals surface area contributed by atoms with Gasteiger partial charge in [0, 0.05) is 11.3 Å². The first-order chi connectivity index (χ1) is 9.70. The van der Waals surface area contributed by atoms with Gasteiger partial charge in [-0.15, -0.1) is 0 Å². The highest BCUT2D eigenvalue weighted by molar-refractivity contribution is 5.89. The second-order valence-corrected chi connectivity index (χ2v) is 4.43. The van der Waals surface area contributed by atoms with Gasteiger partial charge in [-0.05, 0) is 25.1 Å². The van der Waals surface area contributed by atoms with E-state index < -0.39 is 0 Å². The maximum Gasteiger partial charge on any atom is 0.319 e. The average molecular weight is 270 g/mol. The fourth-order valence-electron chi connectivity index (χ4n) is 1.99. The topological polar surface area (TPSA) is 50.4 Å². The van der Waals surface area contributed by atoms with Crippen molar-refractivity contribution in [3.05, 3.63) is 60.2 Å². The van der Waals surface area contributed by atoms with Crippen LogP contribution in [0, 0.1) is 0 Å². The van der Waals surface area contributed by atoms with E-state index in [2.05, 4.69) is 10.6 Å². The smallest absolute Gasteiger partial charge is 0.319 e. The Hall–Kier alpha value is -2.49. The zero-order valence-electron chi connectivity index (χ0n) is 11.6. The number of methoxy groups -OCH3 is 1. The molecule has 2 amide bonds. The van der Waals surface area contributed by atoms with Crippen molar-refractivity contribution in [2.24, 2.45) is 0 Å². The average Bonchev–Trinajstić information content (AvgIpc) is 2.48. The van der Waals surface area contributed by atoms with Crippen LogP contribution in [0.15, 0.2) is 54.6 Å². The first-order valence-corrected chi connectivity index (χ1v) is 6.46. The van der Waals surface area contributed by atoms with Crippen LogP contribution < -0.4 is 15.4 Å². The van der Waals surface area contributed by atoms with E-state index in [9.17, 15) is 4.79 Å². The lowest BCUT2D eigenvalue weighted by Crippen LogP contribution is -2.31. The lowest BCUT2D eigenvalue weighted by Gasteiger charge is -2.17. The number of amides is 2. The highest BCUT2D eigenvalue weighted by Gasteiger charge is 2.13. The predicted octanol–water partition coefficient (Wildman–Crippen LogP) is 3.58. The van der Waals surface area contributed by atoms with Crippen molar-refractivity contribution < 1.29 is 9.53 Å². The lowest BCUT2D eigenvalue weighted by atomic mass is 10.1. The van der Waals surface area contributed by atoms with Crippen LogP contribution in [0.2, 0.25) is 0 Å². The first-order valence-electron chi connectivity index (χ1n) is 6.46. The monoisotopic (exact) mass is 270 g/mol. The quantitative estimate of drug-likeness (QED) is 0.892. The molecule has 2 N–H and O–H groups in total. The van der Waals surface area contributed by atoms with E-state index in [1.807, 2.05) is 61.5 Å². The van der Waals surface area contributed by atoms with E-state index in [0.717, 1.165) is 17.0 Å². The molecule has 4 heteroatoms. The van der Waals surface area contributed by atoms with Crippen molar-refractivity contribution in [2.45, 2.75) is 13.0 Å². The van der Waals surface area contributed by atoms with Gasteiger partial charge in [0.25, 0.3) is 0 Å². The third-order valence-corrected chi connectivity index (χ3v) is 2.98. The number of para-hydroxylation sites is 2. The molecule has 0 spiro atoms. The minimum atomic E-state index is -0.241. The van der Waals surface area contributed by atoms with Crippen LogP contribution in [0.5, 0.6) is 5.75 Å². The molecule has 0 saturated carbocycles. The summed E-state index contributed by atoms with van der Waals surface area (Å²) in [5.41, 5.74) is 1.70. The van der Waals surface area contributed by atoms with Gasteiger partial charge in [0.2, 0.25) is 0 Å². The third kappa shape index (κ3) is 3.51. The molecule has 2 aromatic rings. The SMILES string of the molecule is COc1ccccc1C(C)NC(=O)Nc1ccccc1. The van der Waals surface area contributed by atoms with Crippen molar-refractivity contribution in [1.29, 1.82) is 0 Å². The van der Waals surface area contributed by atoms with Crippen LogP contribution in [0.1, 0.15) is 18.5 Å². The minimum Gasteiger partial charge on any atom is -0.496 e. The number of carbonyl (C=O) groups excluding carboxylic acids is 1. The van der Waals surface area contributed by atoms with Gasteiger partial charge in [-0.1, -0.05) is 36.4 Å². The van der Waals surface area contributed by atoms with Crippen molar-refractivity contribution in [3.63, 3.8) is 0 Å². The van der Waals surface area contributed by atoms with Gasteiger partial charge >= 0.3 is 6.03 Å². The van der Waals surface area contributed by atoms with E-state index >= 15 is 0 Å². The van der Waals surface area contributed by atoms with E-state index in [1.54, 1.807) is 7.11 Å². The van der Waals surface area contributed by atoms with Crippen LogP contribution in [-0.2, 0) is 0 Å². The molecule has 0 radical (unpaired) electrons. The van der Waals surface area contributed by atoms with E-state index in [-0.39, 0.29) is 12.1 Å². The minimum absolute atomic E-state index is 0.144. The molecule has 2 aromatic carbocycles. The van der Waals surface area contributed by atoms with E-state index in [4.69, 9.17) is 4.74 Å². The first kappa shape index (κ1) is 13.9. The predicted molar refractivity (Wildman–Crippen MR) is 80.0 cm³/mol. The molecule has 2 rings (SSSR count). The number of ether oxygens (including phenoxy) is 1. The molecular weight excluding hydrogens is 252 g/mol. The lowest BCUT2D eigenvalue weighted by molar-refractivity contribution is 0.249. The van der Waals surface area contributed by atoms with Gasteiger partial charge in [-0.3, -0.25) is 0 Å². The van der Waals surface area contributed by atoms with Crippen LogP contribution in [0.3, 0.4) is 0 Å². The van der Waals surface area contributed by atoms with Crippen LogP contribution in [0.4, 0.5) is 10.5 Å². The van der Waals surface area contributed by atoms with Crippen molar-refractivity contribution in [3.8, 4) is 5.75 Å². The molecule has 0 saturated heterocycles. The summed E-state index contributed by atoms with van der Waals surface area (Å²) in [5.74, 6) is 0.764. The van der Waals surface area contributed by atoms with Crippen molar-refractivity contribution >= 4 is 11.7 Å². The Balaban J connectivity index is 2.00. The molecular formula is C16H18N2O2. The van der Waals surface area contributed by atoms with E-state index in [1.165, 1.54) is 0 Å². The van der Waals surface area contributed by atoms with Crippen LogP contribution in [-0.4, -0.2) is 13.1 Å². The molecule has 104 valence electrons. The number of carbonyl (C=O) groups is 1. The zero-order valence-corrected chi connectivity index (χ0v) is 11.6. The largest absolute Gasteiger partial charge is 0.496 e. The molecule has 1 unspecified atom stereocenters. The second-order valence-electron chi connectivity index (χ2n) is 4.43. The summed E-state index contributed by atoms with van der Waals surface area (Å²) in [5, 5.41) is 5.68. The summed E-state index contributed by atoms with van der Waals surface area (Å²) in [7, 11) is 1.62. The Kier molecular flexibility index (Phi) is 4.60. The second kappa shape index (κ2) is 6.61. The molecule has 0 bridgehead atoms. The Bertz CT molecular complexity index is 570. The molecule has 20 heavy (non-hydrogen) atoms. The van der Waals surface area contributed by atoms with Gasteiger partial charge in [0.1, 0.15) is 5.75 Å². The number of urea groups is 1. The number of anilines is 1. The molecule has 0 aliphatic heterocycles. The zero-order chi connectivity index (χ0) is 14.4. The Morgan fingerprint density at radius 2 is 1.70 bits per heavy atom. The fourth-order valence-corrected chi connectivity index (χ4v) is 1.99. The highest BCUT2D eigenvalue weighted by Crippen LogP contribution is 2.24. The highest BCUT2D eigenvalue weighted by atomic mass is 16.5. The Morgan fingerprint density at radius 3 is 2.40 bits per heavy atom. The molecule has 0 aliphatic carbocycles.